The first-order valence-electron chi connectivity index (χ1n) is 8.58. The van der Waals surface area contributed by atoms with Crippen molar-refractivity contribution in [2.75, 3.05) is 33.3 Å². The summed E-state index contributed by atoms with van der Waals surface area (Å²) in [6, 6.07) is 8.43. The van der Waals surface area contributed by atoms with Gasteiger partial charge in [-0.3, -0.25) is 4.79 Å². The zero-order valence-corrected chi connectivity index (χ0v) is 17.3. The van der Waals surface area contributed by atoms with Gasteiger partial charge in [0.2, 0.25) is 5.75 Å². The van der Waals surface area contributed by atoms with Crippen molar-refractivity contribution in [3.63, 3.8) is 0 Å². The predicted molar refractivity (Wildman–Crippen MR) is 111 cm³/mol. The number of nitrogens with one attached hydrogen (secondary N) is 1. The van der Waals surface area contributed by atoms with Gasteiger partial charge in [-0.2, -0.15) is 0 Å². The summed E-state index contributed by atoms with van der Waals surface area (Å²) in [5.74, 6) is 0.241. The number of aryl methyl sites for hydroxylation is 1. The van der Waals surface area contributed by atoms with Crippen LogP contribution in [0, 0.1) is 6.92 Å². The predicted octanol–water partition coefficient (Wildman–Crippen LogP) is 3.87. The largest absolute Gasteiger partial charge is 0.493 e. The number of esters is 1. The number of hydrogen-bond donors (Lipinski definition) is 1. The van der Waals surface area contributed by atoms with Gasteiger partial charge in [-0.15, -0.1) is 0 Å². The molecular formula is C21H22ClNO6. The standard InChI is InChI=1S/C21H22ClNO6/c1-13-9-15(22)6-7-16(13)23-19(24)12-29-20(25)8-5-14-10-17(26-2)21(28-4)18(11-14)27-3/h5-11H,12H2,1-4H3,(H,23,24)/b8-5+. The van der Waals surface area contributed by atoms with E-state index in [1.165, 1.54) is 33.5 Å². The fourth-order valence-electron chi connectivity index (χ4n) is 2.50. The van der Waals surface area contributed by atoms with Gasteiger partial charge in [-0.25, -0.2) is 4.79 Å². The first-order valence-corrected chi connectivity index (χ1v) is 8.96. The van der Waals surface area contributed by atoms with Gasteiger partial charge >= 0.3 is 5.97 Å². The van der Waals surface area contributed by atoms with Crippen LogP contribution in [0.2, 0.25) is 5.02 Å². The van der Waals surface area contributed by atoms with E-state index in [2.05, 4.69) is 5.32 Å². The molecule has 0 bridgehead atoms. The van der Waals surface area contributed by atoms with Crippen molar-refractivity contribution in [2.45, 2.75) is 6.92 Å². The molecule has 8 heteroatoms. The lowest BCUT2D eigenvalue weighted by Crippen LogP contribution is -2.20. The number of carbonyl (C=O) groups excluding carboxylic acids is 2. The van der Waals surface area contributed by atoms with E-state index in [4.69, 9.17) is 30.5 Å². The van der Waals surface area contributed by atoms with Gasteiger partial charge in [-0.05, 0) is 54.5 Å². The third-order valence-electron chi connectivity index (χ3n) is 3.91. The first-order chi connectivity index (χ1) is 13.9. The van der Waals surface area contributed by atoms with E-state index in [1.807, 2.05) is 6.92 Å². The van der Waals surface area contributed by atoms with E-state index in [0.29, 0.717) is 33.5 Å². The van der Waals surface area contributed by atoms with Gasteiger partial charge in [0.05, 0.1) is 21.3 Å². The topological polar surface area (TPSA) is 83.1 Å². The van der Waals surface area contributed by atoms with E-state index in [0.717, 1.165) is 5.56 Å². The lowest BCUT2D eigenvalue weighted by atomic mass is 10.1. The van der Waals surface area contributed by atoms with Gasteiger partial charge < -0.3 is 24.3 Å². The van der Waals surface area contributed by atoms with E-state index >= 15 is 0 Å². The molecule has 0 fully saturated rings. The van der Waals surface area contributed by atoms with E-state index in [9.17, 15) is 9.59 Å². The molecule has 1 N–H and O–H groups in total. The summed E-state index contributed by atoms with van der Waals surface area (Å²) in [7, 11) is 4.50. The van der Waals surface area contributed by atoms with Crippen molar-refractivity contribution in [2.24, 2.45) is 0 Å². The first kappa shape index (κ1) is 22.1. The molecule has 0 saturated carbocycles. The van der Waals surface area contributed by atoms with Crippen LogP contribution in [0.25, 0.3) is 6.08 Å². The van der Waals surface area contributed by atoms with Crippen LogP contribution >= 0.6 is 11.6 Å². The number of rotatable bonds is 8. The highest BCUT2D eigenvalue weighted by molar-refractivity contribution is 6.30. The summed E-state index contributed by atoms with van der Waals surface area (Å²) >= 11 is 5.88. The number of ether oxygens (including phenoxy) is 4. The van der Waals surface area contributed by atoms with Crippen LogP contribution in [0.5, 0.6) is 17.2 Å². The minimum absolute atomic E-state index is 0.416. The SMILES string of the molecule is COc1cc(/C=C/C(=O)OCC(=O)Nc2ccc(Cl)cc2C)cc(OC)c1OC. The number of benzene rings is 2. The van der Waals surface area contributed by atoms with Crippen molar-refractivity contribution < 1.29 is 28.5 Å². The molecule has 7 nitrogen and oxygen atoms in total. The van der Waals surface area contributed by atoms with Crippen LogP contribution in [0.3, 0.4) is 0 Å². The van der Waals surface area contributed by atoms with Crippen LogP contribution in [0.1, 0.15) is 11.1 Å². The number of methoxy groups -OCH3 is 3. The van der Waals surface area contributed by atoms with Crippen molar-refractivity contribution in [3.8, 4) is 17.2 Å². The minimum Gasteiger partial charge on any atom is -0.493 e. The molecule has 0 atom stereocenters. The summed E-state index contributed by atoms with van der Waals surface area (Å²) in [4.78, 5) is 23.9. The fraction of sp³-hybridized carbons (Fsp3) is 0.238. The molecule has 154 valence electrons. The van der Waals surface area contributed by atoms with Gasteiger partial charge in [-0.1, -0.05) is 11.6 Å². The van der Waals surface area contributed by atoms with Gasteiger partial charge in [0.15, 0.2) is 18.1 Å². The number of halogens is 1. The lowest BCUT2D eigenvalue weighted by molar-refractivity contribution is -0.142. The van der Waals surface area contributed by atoms with Crippen molar-refractivity contribution in [1.82, 2.24) is 0 Å². The Balaban J connectivity index is 1.96. The molecule has 2 rings (SSSR count). The Morgan fingerprint density at radius 1 is 1.03 bits per heavy atom. The number of carbonyl (C=O) groups is 2. The molecular weight excluding hydrogens is 398 g/mol. The molecule has 0 radical (unpaired) electrons. The number of anilines is 1. The molecule has 2 aromatic rings. The van der Waals surface area contributed by atoms with E-state index in [-0.39, 0.29) is 0 Å². The Hall–Kier alpha value is -3.19. The summed E-state index contributed by atoms with van der Waals surface area (Å²) < 4.78 is 20.7. The monoisotopic (exact) mass is 419 g/mol. The molecule has 1 amide bonds. The zero-order chi connectivity index (χ0) is 21.4. The molecule has 29 heavy (non-hydrogen) atoms. The Labute approximate surface area is 174 Å². The van der Waals surface area contributed by atoms with E-state index < -0.39 is 18.5 Å². The molecule has 0 aromatic heterocycles. The molecule has 0 spiro atoms. The molecule has 0 unspecified atom stereocenters. The van der Waals surface area contributed by atoms with Crippen molar-refractivity contribution in [3.05, 3.63) is 52.6 Å². The van der Waals surface area contributed by atoms with Crippen LogP contribution < -0.4 is 19.5 Å². The second-order valence-corrected chi connectivity index (χ2v) is 6.34. The Kier molecular flexibility index (Phi) is 7.91. The second-order valence-electron chi connectivity index (χ2n) is 5.91. The maximum atomic E-state index is 12.0. The van der Waals surface area contributed by atoms with Crippen LogP contribution in [0.4, 0.5) is 5.69 Å². The highest BCUT2D eigenvalue weighted by atomic mass is 35.5. The Morgan fingerprint density at radius 2 is 1.69 bits per heavy atom. The highest BCUT2D eigenvalue weighted by Gasteiger charge is 2.12. The zero-order valence-electron chi connectivity index (χ0n) is 16.6. The van der Waals surface area contributed by atoms with Crippen LogP contribution in [-0.4, -0.2) is 39.8 Å². The third-order valence-corrected chi connectivity index (χ3v) is 4.14. The average molecular weight is 420 g/mol. The molecule has 2 aromatic carbocycles. The molecule has 0 aliphatic rings. The second kappa shape index (κ2) is 10.4. The Morgan fingerprint density at radius 3 is 2.24 bits per heavy atom. The summed E-state index contributed by atoms with van der Waals surface area (Å²) in [6.07, 6.45) is 2.73. The molecule has 0 saturated heterocycles. The fourth-order valence-corrected chi connectivity index (χ4v) is 2.73. The summed E-state index contributed by atoms with van der Waals surface area (Å²) in [6.45, 7) is 1.40. The lowest BCUT2D eigenvalue weighted by Gasteiger charge is -2.12. The number of hydrogen-bond acceptors (Lipinski definition) is 6. The van der Waals surface area contributed by atoms with Gasteiger partial charge in [0, 0.05) is 16.8 Å². The van der Waals surface area contributed by atoms with Crippen molar-refractivity contribution in [1.29, 1.82) is 0 Å². The summed E-state index contributed by atoms with van der Waals surface area (Å²) in [5.41, 5.74) is 2.04. The maximum absolute atomic E-state index is 12.0. The van der Waals surface area contributed by atoms with Crippen LogP contribution in [0.15, 0.2) is 36.4 Å². The molecule has 0 heterocycles. The average Bonchev–Trinajstić information content (AvgIpc) is 2.71. The number of amides is 1. The van der Waals surface area contributed by atoms with Gasteiger partial charge in [0.1, 0.15) is 0 Å². The highest BCUT2D eigenvalue weighted by Crippen LogP contribution is 2.38. The van der Waals surface area contributed by atoms with Gasteiger partial charge in [0.25, 0.3) is 5.91 Å². The third kappa shape index (κ3) is 6.15. The maximum Gasteiger partial charge on any atom is 0.331 e. The molecule has 0 aliphatic heterocycles. The van der Waals surface area contributed by atoms with E-state index in [1.54, 1.807) is 30.3 Å². The summed E-state index contributed by atoms with van der Waals surface area (Å²) in [5, 5.41) is 3.24. The minimum atomic E-state index is -0.665. The smallest absolute Gasteiger partial charge is 0.331 e. The molecule has 0 aliphatic carbocycles. The van der Waals surface area contributed by atoms with Crippen LogP contribution in [-0.2, 0) is 14.3 Å². The quantitative estimate of drug-likeness (QED) is 0.516. The Bertz CT molecular complexity index is 900. The van der Waals surface area contributed by atoms with Crippen molar-refractivity contribution >= 4 is 35.2 Å². The normalized spacial score (nSPS) is 10.5.